The van der Waals surface area contributed by atoms with E-state index in [4.69, 9.17) is 0 Å². The average Bonchev–Trinajstić information content (AvgIpc) is 2.87. The fourth-order valence-corrected chi connectivity index (χ4v) is 8.21. The van der Waals surface area contributed by atoms with Crippen molar-refractivity contribution in [2.75, 3.05) is 0 Å². The minimum atomic E-state index is -0.653. The minimum absolute atomic E-state index is 0.222. The summed E-state index contributed by atoms with van der Waals surface area (Å²) in [6, 6.07) is 0. The Morgan fingerprint density at radius 3 is 0.976 bits per heavy atom. The number of rotatable bonds is 30. The van der Waals surface area contributed by atoms with Crippen LogP contribution >= 0.6 is 0 Å². The zero-order chi connectivity index (χ0) is 31.8. The third-order valence-corrected chi connectivity index (χ3v) is 10.1. The number of hydrogen-bond donors (Lipinski definition) is 1. The largest absolute Gasteiger partial charge is 0.481 e. The molecule has 2 nitrogen and oxygen atoms in total. The van der Waals surface area contributed by atoms with Crippen molar-refractivity contribution in [3.63, 3.8) is 0 Å². The van der Waals surface area contributed by atoms with Crippen molar-refractivity contribution in [2.45, 2.75) is 204 Å². The van der Waals surface area contributed by atoms with Crippen LogP contribution in [0.4, 0.5) is 0 Å². The Morgan fingerprint density at radius 1 is 0.405 bits per heavy atom. The molecule has 0 saturated carbocycles. The SMILES string of the molecule is CCCCCCCCCCCCCCCC[C@H](C)C[C@H](C)C[C@H](C)C[C@H](C)C[C@H](C)C[C@H](C)C[C@H](C)C[C@H](C)C(=O)O. The third-order valence-electron chi connectivity index (χ3n) is 10.1. The fraction of sp³-hybridized carbons (Fsp3) is 0.975. The predicted molar refractivity (Wildman–Crippen MR) is 188 cm³/mol. The lowest BCUT2D eigenvalue weighted by Gasteiger charge is -2.26. The van der Waals surface area contributed by atoms with Crippen LogP contribution in [0.25, 0.3) is 0 Å². The highest BCUT2D eigenvalue weighted by Gasteiger charge is 2.20. The van der Waals surface area contributed by atoms with Crippen molar-refractivity contribution >= 4 is 5.97 Å². The van der Waals surface area contributed by atoms with Gasteiger partial charge >= 0.3 is 5.97 Å². The second-order valence-corrected chi connectivity index (χ2v) is 16.0. The number of aliphatic carboxylic acids is 1. The molecule has 0 unspecified atom stereocenters. The molecule has 8 atom stereocenters. The van der Waals surface area contributed by atoms with E-state index in [-0.39, 0.29) is 5.92 Å². The maximum absolute atomic E-state index is 11.2. The summed E-state index contributed by atoms with van der Waals surface area (Å²) in [5, 5.41) is 9.19. The maximum Gasteiger partial charge on any atom is 0.306 e. The van der Waals surface area contributed by atoms with Crippen molar-refractivity contribution in [2.24, 2.45) is 47.3 Å². The average molecular weight is 593 g/mol. The van der Waals surface area contributed by atoms with Crippen LogP contribution in [-0.2, 0) is 4.79 Å². The zero-order valence-corrected chi connectivity index (χ0v) is 30.5. The standard InChI is InChI=1S/C40H80O2/c1-10-11-12-13-14-15-16-17-18-19-20-21-22-23-24-32(2)25-33(3)26-34(4)27-35(5)28-36(6)29-37(7)30-38(8)31-39(9)40(41)42/h32-39H,10-31H2,1-9H3,(H,41,42)/t32-,33-,34-,35-,36-,37-,38-,39-/m0/s1. The van der Waals surface area contributed by atoms with Gasteiger partial charge in [-0.1, -0.05) is 159 Å². The second kappa shape index (κ2) is 26.8. The van der Waals surface area contributed by atoms with Gasteiger partial charge in [-0.05, 0) is 86.4 Å². The Labute approximate surface area is 266 Å². The summed E-state index contributed by atoms with van der Waals surface area (Å²) in [7, 11) is 0. The summed E-state index contributed by atoms with van der Waals surface area (Å²) in [5.41, 5.74) is 0. The summed E-state index contributed by atoms with van der Waals surface area (Å²) >= 11 is 0. The molecule has 0 rings (SSSR count). The van der Waals surface area contributed by atoms with Crippen molar-refractivity contribution in [1.29, 1.82) is 0 Å². The monoisotopic (exact) mass is 593 g/mol. The summed E-state index contributed by atoms with van der Waals surface area (Å²) in [6.07, 6.45) is 30.4. The number of hydrogen-bond acceptors (Lipinski definition) is 1. The molecular formula is C40H80O2. The van der Waals surface area contributed by atoms with E-state index in [1.807, 2.05) is 6.92 Å². The number of unbranched alkanes of at least 4 members (excludes halogenated alkanes) is 13. The Kier molecular flexibility index (Phi) is 26.5. The molecule has 0 aliphatic heterocycles. The molecule has 0 heterocycles. The minimum Gasteiger partial charge on any atom is -0.481 e. The van der Waals surface area contributed by atoms with Crippen LogP contribution in [0.15, 0.2) is 0 Å². The van der Waals surface area contributed by atoms with Crippen molar-refractivity contribution < 1.29 is 9.90 Å². The quantitative estimate of drug-likeness (QED) is 0.0842. The Bertz CT molecular complexity index is 600. The molecule has 0 saturated heterocycles. The molecular weight excluding hydrogens is 512 g/mol. The first-order chi connectivity index (χ1) is 19.9. The topological polar surface area (TPSA) is 37.3 Å². The van der Waals surface area contributed by atoms with Gasteiger partial charge in [-0.3, -0.25) is 4.79 Å². The van der Waals surface area contributed by atoms with E-state index in [0.717, 1.165) is 42.4 Å². The Hall–Kier alpha value is -0.530. The molecule has 0 aliphatic rings. The Morgan fingerprint density at radius 2 is 0.667 bits per heavy atom. The first kappa shape index (κ1) is 41.5. The van der Waals surface area contributed by atoms with Crippen LogP contribution in [0.3, 0.4) is 0 Å². The van der Waals surface area contributed by atoms with Crippen LogP contribution in [0.2, 0.25) is 0 Å². The van der Waals surface area contributed by atoms with Gasteiger partial charge in [-0.15, -0.1) is 0 Å². The van der Waals surface area contributed by atoms with Crippen molar-refractivity contribution in [3.8, 4) is 0 Å². The highest BCUT2D eigenvalue weighted by Crippen LogP contribution is 2.31. The summed E-state index contributed by atoms with van der Waals surface area (Å²) in [4.78, 5) is 11.2. The highest BCUT2D eigenvalue weighted by atomic mass is 16.4. The fourth-order valence-electron chi connectivity index (χ4n) is 8.21. The summed E-state index contributed by atoms with van der Waals surface area (Å²) in [5.74, 6) is 4.41. The molecule has 0 bridgehead atoms. The van der Waals surface area contributed by atoms with E-state index in [0.29, 0.717) is 11.8 Å². The van der Waals surface area contributed by atoms with E-state index >= 15 is 0 Å². The van der Waals surface area contributed by atoms with Crippen LogP contribution < -0.4 is 0 Å². The zero-order valence-electron chi connectivity index (χ0n) is 30.5. The van der Waals surface area contributed by atoms with Crippen LogP contribution in [0, 0.1) is 47.3 Å². The molecule has 0 radical (unpaired) electrons. The summed E-state index contributed by atoms with van der Waals surface area (Å²) in [6.45, 7) is 21.1. The lowest BCUT2D eigenvalue weighted by molar-refractivity contribution is -0.141. The van der Waals surface area contributed by atoms with E-state index in [1.165, 1.54) is 128 Å². The molecule has 2 heteroatoms. The predicted octanol–water partition coefficient (Wildman–Crippen LogP) is 13.8. The van der Waals surface area contributed by atoms with Gasteiger partial charge < -0.3 is 5.11 Å². The van der Waals surface area contributed by atoms with Gasteiger partial charge in [0.25, 0.3) is 0 Å². The number of carboxylic acids is 1. The number of carboxylic acid groups (broad SMARTS) is 1. The van der Waals surface area contributed by atoms with Gasteiger partial charge in [0.2, 0.25) is 0 Å². The third kappa shape index (κ3) is 25.9. The van der Waals surface area contributed by atoms with Crippen molar-refractivity contribution in [3.05, 3.63) is 0 Å². The Balaban J connectivity index is 3.85. The van der Waals surface area contributed by atoms with E-state index < -0.39 is 5.97 Å². The number of carbonyl (C=O) groups is 1. The lowest BCUT2D eigenvalue weighted by Crippen LogP contribution is -2.16. The van der Waals surface area contributed by atoms with Crippen molar-refractivity contribution in [1.82, 2.24) is 0 Å². The molecule has 0 aromatic rings. The molecule has 1 N–H and O–H groups in total. The molecule has 42 heavy (non-hydrogen) atoms. The molecule has 0 aromatic carbocycles. The molecule has 0 amide bonds. The smallest absolute Gasteiger partial charge is 0.306 e. The van der Waals surface area contributed by atoms with Gasteiger partial charge in [-0.25, -0.2) is 0 Å². The van der Waals surface area contributed by atoms with Gasteiger partial charge in [-0.2, -0.15) is 0 Å². The summed E-state index contributed by atoms with van der Waals surface area (Å²) < 4.78 is 0. The van der Waals surface area contributed by atoms with Crippen LogP contribution in [-0.4, -0.2) is 11.1 Å². The molecule has 0 aromatic heterocycles. The molecule has 0 fully saturated rings. The molecule has 0 spiro atoms. The van der Waals surface area contributed by atoms with Gasteiger partial charge in [0, 0.05) is 0 Å². The first-order valence-corrected chi connectivity index (χ1v) is 19.2. The lowest BCUT2D eigenvalue weighted by atomic mass is 9.80. The highest BCUT2D eigenvalue weighted by molar-refractivity contribution is 5.69. The molecule has 252 valence electrons. The normalized spacial score (nSPS) is 17.7. The van der Waals surface area contributed by atoms with E-state index in [1.54, 1.807) is 0 Å². The van der Waals surface area contributed by atoms with Gasteiger partial charge in [0.15, 0.2) is 0 Å². The van der Waals surface area contributed by atoms with Gasteiger partial charge in [0.1, 0.15) is 0 Å². The van der Waals surface area contributed by atoms with E-state index in [2.05, 4.69) is 55.4 Å². The van der Waals surface area contributed by atoms with Crippen LogP contribution in [0.1, 0.15) is 204 Å². The molecule has 0 aliphatic carbocycles. The second-order valence-electron chi connectivity index (χ2n) is 16.0. The van der Waals surface area contributed by atoms with Crippen LogP contribution in [0.5, 0.6) is 0 Å². The maximum atomic E-state index is 11.2. The van der Waals surface area contributed by atoms with Gasteiger partial charge in [0.05, 0.1) is 5.92 Å². The van der Waals surface area contributed by atoms with E-state index in [9.17, 15) is 9.90 Å². The first-order valence-electron chi connectivity index (χ1n) is 19.2.